The lowest BCUT2D eigenvalue weighted by Crippen LogP contribution is -2.67. The quantitative estimate of drug-likeness (QED) is 0.860. The van der Waals surface area contributed by atoms with E-state index in [2.05, 4.69) is 37.9 Å². The fourth-order valence-corrected chi connectivity index (χ4v) is 4.30. The molecule has 0 aromatic rings. The Morgan fingerprint density at radius 2 is 2.00 bits per heavy atom. The molecule has 0 radical (unpaired) electrons. The van der Waals surface area contributed by atoms with Gasteiger partial charge in [0.15, 0.2) is 0 Å². The molecule has 0 aromatic heterocycles. The summed E-state index contributed by atoms with van der Waals surface area (Å²) in [6.45, 7) is 12.8. The number of nitrogens with one attached hydrogen (secondary N) is 1. The van der Waals surface area contributed by atoms with E-state index in [1.165, 1.54) is 32.2 Å². The van der Waals surface area contributed by atoms with E-state index in [1.54, 1.807) is 0 Å². The van der Waals surface area contributed by atoms with Crippen LogP contribution in [0.15, 0.2) is 0 Å². The molecule has 3 aliphatic rings. The second-order valence-electron chi connectivity index (χ2n) is 7.92. The summed E-state index contributed by atoms with van der Waals surface area (Å²) >= 11 is 0. The van der Waals surface area contributed by atoms with Gasteiger partial charge in [-0.15, -0.1) is 0 Å². The summed E-state index contributed by atoms with van der Waals surface area (Å²) in [5.74, 6) is 1.64. The van der Waals surface area contributed by atoms with Crippen LogP contribution >= 0.6 is 0 Å². The van der Waals surface area contributed by atoms with Crippen LogP contribution in [-0.4, -0.2) is 48.3 Å². The minimum Gasteiger partial charge on any atom is -0.378 e. The normalized spacial score (nSPS) is 44.0. The van der Waals surface area contributed by atoms with Gasteiger partial charge in [0.25, 0.3) is 0 Å². The van der Waals surface area contributed by atoms with Crippen LogP contribution in [0.5, 0.6) is 0 Å². The van der Waals surface area contributed by atoms with Crippen LogP contribution in [-0.2, 0) is 4.74 Å². The third-order valence-electron chi connectivity index (χ3n) is 5.83. The number of rotatable bonds is 3. The first kappa shape index (κ1) is 14.8. The van der Waals surface area contributed by atoms with Gasteiger partial charge in [-0.05, 0) is 51.4 Å². The van der Waals surface area contributed by atoms with Crippen molar-refractivity contribution in [3.63, 3.8) is 0 Å². The molecule has 3 nitrogen and oxygen atoms in total. The highest BCUT2D eigenvalue weighted by molar-refractivity contribution is 5.05. The molecule has 4 unspecified atom stereocenters. The van der Waals surface area contributed by atoms with Gasteiger partial charge in [-0.2, -0.15) is 0 Å². The molecule has 1 N–H and O–H groups in total. The van der Waals surface area contributed by atoms with Gasteiger partial charge < -0.3 is 10.1 Å². The summed E-state index contributed by atoms with van der Waals surface area (Å²) in [6, 6.07) is 1.42. The van der Waals surface area contributed by atoms with E-state index in [4.69, 9.17) is 4.74 Å². The van der Waals surface area contributed by atoms with Crippen LogP contribution in [0.1, 0.15) is 53.4 Å². The summed E-state index contributed by atoms with van der Waals surface area (Å²) in [5.41, 5.74) is 0.354. The zero-order valence-corrected chi connectivity index (χ0v) is 13.7. The third kappa shape index (κ3) is 2.90. The first-order valence-corrected chi connectivity index (χ1v) is 8.62. The molecule has 20 heavy (non-hydrogen) atoms. The van der Waals surface area contributed by atoms with Crippen molar-refractivity contribution >= 4 is 0 Å². The Morgan fingerprint density at radius 3 is 2.60 bits per heavy atom. The maximum Gasteiger partial charge on any atom is 0.0561 e. The van der Waals surface area contributed by atoms with Crippen molar-refractivity contribution in [1.82, 2.24) is 10.2 Å². The highest BCUT2D eigenvalue weighted by Gasteiger charge is 2.48. The van der Waals surface area contributed by atoms with Crippen molar-refractivity contribution in [3.05, 3.63) is 0 Å². The molecule has 2 heterocycles. The highest BCUT2D eigenvalue weighted by Crippen LogP contribution is 2.42. The Morgan fingerprint density at radius 1 is 1.25 bits per heavy atom. The standard InChI is InChI=1S/C17H32N2O/c1-12(2)16-10-18-17(4,14-5-6-14)11-19(16)15-7-8-20-13(3)9-15/h12-16,18H,5-11H2,1-4H3. The van der Waals surface area contributed by atoms with E-state index < -0.39 is 0 Å². The minimum atomic E-state index is 0.354. The molecular formula is C17H32N2O. The summed E-state index contributed by atoms with van der Waals surface area (Å²) in [6.07, 6.45) is 5.71. The molecule has 1 saturated carbocycles. The summed E-state index contributed by atoms with van der Waals surface area (Å²) in [4.78, 5) is 2.85. The van der Waals surface area contributed by atoms with Crippen LogP contribution in [0, 0.1) is 11.8 Å². The molecule has 0 aromatic carbocycles. The fraction of sp³-hybridized carbons (Fsp3) is 1.00. The number of nitrogens with zero attached hydrogens (tertiary/aromatic N) is 1. The van der Waals surface area contributed by atoms with E-state index in [-0.39, 0.29) is 0 Å². The van der Waals surface area contributed by atoms with Crippen LogP contribution in [0.4, 0.5) is 0 Å². The van der Waals surface area contributed by atoms with Crippen molar-refractivity contribution < 1.29 is 4.74 Å². The molecule has 0 amide bonds. The van der Waals surface area contributed by atoms with Crippen molar-refractivity contribution in [3.8, 4) is 0 Å². The van der Waals surface area contributed by atoms with Crippen LogP contribution in [0.3, 0.4) is 0 Å². The van der Waals surface area contributed by atoms with Gasteiger partial charge >= 0.3 is 0 Å². The molecule has 3 heteroatoms. The predicted octanol–water partition coefficient (Wildman–Crippen LogP) is 2.65. The molecule has 116 valence electrons. The number of hydrogen-bond donors (Lipinski definition) is 1. The van der Waals surface area contributed by atoms with Gasteiger partial charge in [-0.25, -0.2) is 0 Å². The van der Waals surface area contributed by atoms with Crippen molar-refractivity contribution in [1.29, 1.82) is 0 Å². The van der Waals surface area contributed by atoms with E-state index >= 15 is 0 Å². The Bertz CT molecular complexity index is 342. The topological polar surface area (TPSA) is 24.5 Å². The van der Waals surface area contributed by atoms with E-state index in [0.29, 0.717) is 17.7 Å². The molecule has 2 aliphatic heterocycles. The minimum absolute atomic E-state index is 0.354. The van der Waals surface area contributed by atoms with Crippen molar-refractivity contribution in [2.24, 2.45) is 11.8 Å². The van der Waals surface area contributed by atoms with Crippen LogP contribution in [0.25, 0.3) is 0 Å². The zero-order chi connectivity index (χ0) is 14.3. The lowest BCUT2D eigenvalue weighted by molar-refractivity contribution is -0.0561. The number of hydrogen-bond acceptors (Lipinski definition) is 3. The molecule has 4 atom stereocenters. The van der Waals surface area contributed by atoms with Crippen molar-refractivity contribution in [2.75, 3.05) is 19.7 Å². The Labute approximate surface area is 124 Å². The average molecular weight is 280 g/mol. The average Bonchev–Trinajstić information content (AvgIpc) is 3.23. The van der Waals surface area contributed by atoms with Crippen LogP contribution in [0.2, 0.25) is 0 Å². The Balaban J connectivity index is 1.74. The smallest absolute Gasteiger partial charge is 0.0561 e. The third-order valence-corrected chi connectivity index (χ3v) is 5.83. The van der Waals surface area contributed by atoms with E-state index in [1.807, 2.05) is 0 Å². The maximum atomic E-state index is 5.76. The molecule has 0 spiro atoms. The first-order chi connectivity index (χ1) is 9.49. The lowest BCUT2D eigenvalue weighted by atomic mass is 9.85. The monoisotopic (exact) mass is 280 g/mol. The molecule has 3 rings (SSSR count). The van der Waals surface area contributed by atoms with Gasteiger partial charge in [-0.3, -0.25) is 4.90 Å². The SMILES string of the molecule is CC1CC(N2CC(C)(C3CC3)NCC2C(C)C)CCO1. The number of piperazine rings is 1. The van der Waals surface area contributed by atoms with Gasteiger partial charge in [0.2, 0.25) is 0 Å². The molecule has 2 saturated heterocycles. The Hall–Kier alpha value is -0.120. The summed E-state index contributed by atoms with van der Waals surface area (Å²) in [5, 5.41) is 3.90. The summed E-state index contributed by atoms with van der Waals surface area (Å²) < 4.78 is 5.76. The maximum absolute atomic E-state index is 5.76. The van der Waals surface area contributed by atoms with Crippen molar-refractivity contribution in [2.45, 2.75) is 77.1 Å². The second-order valence-corrected chi connectivity index (χ2v) is 7.92. The van der Waals surface area contributed by atoms with Gasteiger partial charge in [0.1, 0.15) is 0 Å². The zero-order valence-electron chi connectivity index (χ0n) is 13.7. The van der Waals surface area contributed by atoms with E-state index in [9.17, 15) is 0 Å². The molecule has 0 bridgehead atoms. The fourth-order valence-electron chi connectivity index (χ4n) is 4.30. The molecular weight excluding hydrogens is 248 g/mol. The molecule has 3 fully saturated rings. The first-order valence-electron chi connectivity index (χ1n) is 8.62. The second kappa shape index (κ2) is 5.58. The largest absolute Gasteiger partial charge is 0.378 e. The van der Waals surface area contributed by atoms with E-state index in [0.717, 1.165) is 31.0 Å². The summed E-state index contributed by atoms with van der Waals surface area (Å²) in [7, 11) is 0. The number of ether oxygens (including phenoxy) is 1. The van der Waals surface area contributed by atoms with Gasteiger partial charge in [0, 0.05) is 37.3 Å². The Kier molecular flexibility index (Phi) is 4.13. The predicted molar refractivity (Wildman–Crippen MR) is 82.9 cm³/mol. The van der Waals surface area contributed by atoms with Crippen LogP contribution < -0.4 is 5.32 Å². The van der Waals surface area contributed by atoms with Gasteiger partial charge in [0.05, 0.1) is 6.10 Å². The lowest BCUT2D eigenvalue weighted by Gasteiger charge is -2.52. The molecule has 1 aliphatic carbocycles. The van der Waals surface area contributed by atoms with Gasteiger partial charge in [-0.1, -0.05) is 13.8 Å². The highest BCUT2D eigenvalue weighted by atomic mass is 16.5.